The van der Waals surface area contributed by atoms with Crippen molar-refractivity contribution in [2.45, 2.75) is 51.1 Å². The molecule has 1 aromatic carbocycles. The van der Waals surface area contributed by atoms with Gasteiger partial charge in [-0.15, -0.1) is 0 Å². The highest BCUT2D eigenvalue weighted by Crippen LogP contribution is 2.41. The lowest BCUT2D eigenvalue weighted by Crippen LogP contribution is -2.41. The Hall–Kier alpha value is -1.91. The van der Waals surface area contributed by atoms with Crippen LogP contribution in [0.1, 0.15) is 51.1 Å². The Labute approximate surface area is 135 Å². The molecule has 1 aliphatic rings. The number of aliphatic carboxylic acids is 1. The molecule has 1 fully saturated rings. The molecule has 1 N–H and O–H groups in total. The molecule has 2 rings (SSSR count). The summed E-state index contributed by atoms with van der Waals surface area (Å²) in [6.07, 6.45) is -0.262. The van der Waals surface area contributed by atoms with Crippen LogP contribution in [0.3, 0.4) is 0 Å². The zero-order chi connectivity index (χ0) is 17.4. The van der Waals surface area contributed by atoms with E-state index >= 15 is 0 Å². The van der Waals surface area contributed by atoms with Crippen LogP contribution in [-0.2, 0) is 14.1 Å². The number of carboxylic acids is 1. The molecule has 1 heterocycles. The van der Waals surface area contributed by atoms with E-state index in [1.807, 2.05) is 27.7 Å². The highest BCUT2D eigenvalue weighted by Gasteiger charge is 2.54. The zero-order valence-electron chi connectivity index (χ0n) is 13.6. The molecule has 1 saturated heterocycles. The number of nitrogens with zero attached hydrogens (tertiary/aromatic N) is 1. The van der Waals surface area contributed by atoms with Crippen LogP contribution in [-0.4, -0.2) is 29.4 Å². The van der Waals surface area contributed by atoms with Crippen LogP contribution in [0.4, 0.5) is 4.39 Å². The molecule has 0 amide bonds. The van der Waals surface area contributed by atoms with Gasteiger partial charge in [-0.25, -0.2) is 4.39 Å². The van der Waals surface area contributed by atoms with Gasteiger partial charge >= 0.3 is 13.1 Å². The van der Waals surface area contributed by atoms with Crippen LogP contribution in [0, 0.1) is 17.1 Å². The van der Waals surface area contributed by atoms with Crippen molar-refractivity contribution in [3.05, 3.63) is 35.1 Å². The quantitative estimate of drug-likeness (QED) is 0.863. The van der Waals surface area contributed by atoms with Crippen LogP contribution in [0.2, 0.25) is 0 Å². The van der Waals surface area contributed by atoms with Crippen LogP contribution >= 0.6 is 0 Å². The Morgan fingerprint density at radius 2 is 1.91 bits per heavy atom. The van der Waals surface area contributed by atoms with Crippen molar-refractivity contribution in [1.29, 1.82) is 5.26 Å². The summed E-state index contributed by atoms with van der Waals surface area (Å²) in [5.74, 6) is -2.39. The highest BCUT2D eigenvalue weighted by molar-refractivity contribution is 6.48. The van der Waals surface area contributed by atoms with Crippen LogP contribution in [0.15, 0.2) is 18.2 Å². The molecule has 0 bridgehead atoms. The maximum Gasteiger partial charge on any atom is 0.466 e. The Kier molecular flexibility index (Phi) is 4.51. The third-order valence-corrected chi connectivity index (χ3v) is 4.54. The predicted octanol–water partition coefficient (Wildman–Crippen LogP) is 2.89. The smallest absolute Gasteiger partial charge is 0.466 e. The monoisotopic (exact) mass is 319 g/mol. The van der Waals surface area contributed by atoms with Crippen molar-refractivity contribution in [1.82, 2.24) is 0 Å². The minimum absolute atomic E-state index is 0.0863. The lowest BCUT2D eigenvalue weighted by atomic mass is 9.66. The standard InChI is InChI=1S/C16H19BFNO4/c1-15(2)16(3,4)23-17(22-15)12(8-14(20)21)10-5-6-11(9-19)13(18)7-10/h5-7,12H,8H2,1-4H3,(H,20,21). The van der Waals surface area contributed by atoms with Crippen molar-refractivity contribution in [3.8, 4) is 6.07 Å². The number of halogens is 1. The summed E-state index contributed by atoms with van der Waals surface area (Å²) in [6.45, 7) is 7.46. The van der Waals surface area contributed by atoms with Gasteiger partial charge in [0.25, 0.3) is 0 Å². The third-order valence-electron chi connectivity index (χ3n) is 4.54. The fourth-order valence-electron chi connectivity index (χ4n) is 2.46. The van der Waals surface area contributed by atoms with Crippen molar-refractivity contribution in [2.75, 3.05) is 0 Å². The van der Waals surface area contributed by atoms with Crippen molar-refractivity contribution >= 4 is 13.1 Å². The number of rotatable bonds is 4. The van der Waals surface area contributed by atoms with E-state index in [0.29, 0.717) is 5.56 Å². The number of hydrogen-bond donors (Lipinski definition) is 1. The molecule has 1 aliphatic heterocycles. The largest absolute Gasteiger partial charge is 0.481 e. The average Bonchev–Trinajstić information content (AvgIpc) is 2.64. The second kappa shape index (κ2) is 5.95. The Morgan fingerprint density at radius 1 is 1.35 bits per heavy atom. The van der Waals surface area contributed by atoms with Gasteiger partial charge in [0.15, 0.2) is 0 Å². The molecule has 0 aromatic heterocycles. The maximum atomic E-state index is 13.9. The van der Waals surface area contributed by atoms with E-state index in [2.05, 4.69) is 0 Å². The van der Waals surface area contributed by atoms with E-state index in [4.69, 9.17) is 14.6 Å². The van der Waals surface area contributed by atoms with Gasteiger partial charge in [-0.3, -0.25) is 4.79 Å². The molecular weight excluding hydrogens is 300 g/mol. The molecule has 122 valence electrons. The van der Waals surface area contributed by atoms with Gasteiger partial charge < -0.3 is 14.4 Å². The lowest BCUT2D eigenvalue weighted by Gasteiger charge is -2.32. The van der Waals surface area contributed by atoms with Gasteiger partial charge in [0.1, 0.15) is 11.9 Å². The van der Waals surface area contributed by atoms with Gasteiger partial charge in [-0.05, 0) is 45.4 Å². The summed E-state index contributed by atoms with van der Waals surface area (Å²) < 4.78 is 25.7. The molecule has 7 heteroatoms. The summed E-state index contributed by atoms with van der Waals surface area (Å²) >= 11 is 0. The highest BCUT2D eigenvalue weighted by atomic mass is 19.1. The van der Waals surface area contributed by atoms with Gasteiger partial charge in [0, 0.05) is 5.82 Å². The molecule has 0 saturated carbocycles. The first-order chi connectivity index (χ1) is 10.6. The topological polar surface area (TPSA) is 79.5 Å². The van der Waals surface area contributed by atoms with E-state index in [0.717, 1.165) is 0 Å². The summed E-state index contributed by atoms with van der Waals surface area (Å²) in [7, 11) is -0.802. The van der Waals surface area contributed by atoms with E-state index in [-0.39, 0.29) is 12.0 Å². The molecule has 1 aromatic rings. The van der Waals surface area contributed by atoms with Crippen molar-refractivity contribution in [3.63, 3.8) is 0 Å². The summed E-state index contributed by atoms with van der Waals surface area (Å²) in [5.41, 5.74) is -0.877. The SMILES string of the molecule is CC1(C)OB(C(CC(=O)O)c2ccc(C#N)c(F)c2)OC1(C)C. The van der Waals surface area contributed by atoms with Crippen molar-refractivity contribution < 1.29 is 23.6 Å². The summed E-state index contributed by atoms with van der Waals surface area (Å²) in [6, 6.07) is 5.80. The molecule has 23 heavy (non-hydrogen) atoms. The molecule has 0 spiro atoms. The fraction of sp³-hybridized carbons (Fsp3) is 0.500. The Bertz CT molecular complexity index is 653. The first-order valence-electron chi connectivity index (χ1n) is 7.34. The van der Waals surface area contributed by atoms with Gasteiger partial charge in [-0.2, -0.15) is 5.26 Å². The van der Waals surface area contributed by atoms with Crippen molar-refractivity contribution in [2.24, 2.45) is 0 Å². The third kappa shape index (κ3) is 3.38. The average molecular weight is 319 g/mol. The van der Waals surface area contributed by atoms with Gasteiger partial charge in [0.2, 0.25) is 0 Å². The van der Waals surface area contributed by atoms with E-state index in [9.17, 15) is 14.3 Å². The number of nitriles is 1. The maximum absolute atomic E-state index is 13.9. The second-order valence-electron chi connectivity index (χ2n) is 6.68. The second-order valence-corrected chi connectivity index (χ2v) is 6.68. The summed E-state index contributed by atoms with van der Waals surface area (Å²) in [4.78, 5) is 11.2. The van der Waals surface area contributed by atoms with Gasteiger partial charge in [-0.1, -0.05) is 6.07 Å². The van der Waals surface area contributed by atoms with E-state index < -0.39 is 35.9 Å². The van der Waals surface area contributed by atoms with E-state index in [1.165, 1.54) is 12.1 Å². The minimum Gasteiger partial charge on any atom is -0.481 e. The number of carboxylic acid groups (broad SMARTS) is 1. The molecule has 0 aliphatic carbocycles. The lowest BCUT2D eigenvalue weighted by molar-refractivity contribution is -0.137. The number of benzene rings is 1. The van der Waals surface area contributed by atoms with Gasteiger partial charge in [0.05, 0.1) is 23.2 Å². The van der Waals surface area contributed by atoms with E-state index in [1.54, 1.807) is 12.1 Å². The molecule has 0 radical (unpaired) electrons. The fourth-order valence-corrected chi connectivity index (χ4v) is 2.46. The first kappa shape index (κ1) is 17.4. The number of hydrogen-bond acceptors (Lipinski definition) is 4. The number of carbonyl (C=O) groups is 1. The van der Waals surface area contributed by atoms with Crippen LogP contribution < -0.4 is 0 Å². The molecule has 1 unspecified atom stereocenters. The zero-order valence-corrected chi connectivity index (χ0v) is 13.6. The van der Waals surface area contributed by atoms with Crippen LogP contribution in [0.5, 0.6) is 0 Å². The molecular formula is C16H19BFNO4. The molecule has 5 nitrogen and oxygen atoms in total. The normalized spacial score (nSPS) is 20.1. The molecule has 1 atom stereocenters. The van der Waals surface area contributed by atoms with Crippen LogP contribution in [0.25, 0.3) is 0 Å². The summed E-state index contributed by atoms with van der Waals surface area (Å²) in [5, 5.41) is 18.0. The predicted molar refractivity (Wildman–Crippen MR) is 82.2 cm³/mol. The minimum atomic E-state index is -1.03. The Morgan fingerprint density at radius 3 is 2.35 bits per heavy atom. The Balaban J connectivity index is 2.38. The first-order valence-corrected chi connectivity index (χ1v) is 7.34.